The van der Waals surface area contributed by atoms with Crippen molar-refractivity contribution in [2.45, 2.75) is 37.9 Å². The first-order valence-electron chi connectivity index (χ1n) is 6.01. The SMILES string of the molecule is CCCNC1(C(F)(F)F)CCc2cc(F)ccc21. The zero-order chi connectivity index (χ0) is 13.4. The van der Waals surface area contributed by atoms with Gasteiger partial charge < -0.3 is 0 Å². The minimum absolute atomic E-state index is 0.0602. The molecule has 100 valence electrons. The number of aryl methyl sites for hydroxylation is 1. The molecule has 0 spiro atoms. The van der Waals surface area contributed by atoms with E-state index in [4.69, 9.17) is 0 Å². The van der Waals surface area contributed by atoms with Crippen LogP contribution in [0.2, 0.25) is 0 Å². The van der Waals surface area contributed by atoms with Gasteiger partial charge in [-0.1, -0.05) is 13.0 Å². The number of hydrogen-bond acceptors (Lipinski definition) is 1. The van der Waals surface area contributed by atoms with E-state index in [9.17, 15) is 17.6 Å². The smallest absolute Gasteiger partial charge is 0.300 e. The van der Waals surface area contributed by atoms with E-state index in [0.29, 0.717) is 12.0 Å². The Kier molecular flexibility index (Phi) is 3.36. The molecule has 0 fully saturated rings. The maximum atomic E-state index is 13.4. The van der Waals surface area contributed by atoms with Gasteiger partial charge in [0.2, 0.25) is 0 Å². The molecular weight excluding hydrogens is 246 g/mol. The standard InChI is InChI=1S/C13H15F4N/c1-2-7-18-12(13(15,16)17)6-5-9-8-10(14)3-4-11(9)12/h3-4,8,18H,2,5-7H2,1H3. The highest BCUT2D eigenvalue weighted by Crippen LogP contribution is 2.48. The predicted molar refractivity (Wildman–Crippen MR) is 60.7 cm³/mol. The summed E-state index contributed by atoms with van der Waals surface area (Å²) >= 11 is 0. The Morgan fingerprint density at radius 2 is 2.06 bits per heavy atom. The fourth-order valence-electron chi connectivity index (χ4n) is 2.56. The van der Waals surface area contributed by atoms with Crippen LogP contribution in [0.4, 0.5) is 17.6 Å². The fourth-order valence-corrected chi connectivity index (χ4v) is 2.56. The number of benzene rings is 1. The number of hydrogen-bond donors (Lipinski definition) is 1. The first kappa shape index (κ1) is 13.3. The van der Waals surface area contributed by atoms with Crippen molar-refractivity contribution in [1.29, 1.82) is 0 Å². The van der Waals surface area contributed by atoms with Gasteiger partial charge in [0.05, 0.1) is 0 Å². The Labute approximate surface area is 103 Å². The van der Waals surface area contributed by atoms with Crippen LogP contribution in [0.3, 0.4) is 0 Å². The van der Waals surface area contributed by atoms with Gasteiger partial charge in [0, 0.05) is 0 Å². The topological polar surface area (TPSA) is 12.0 Å². The lowest BCUT2D eigenvalue weighted by molar-refractivity contribution is -0.200. The van der Waals surface area contributed by atoms with Gasteiger partial charge in [0.1, 0.15) is 11.4 Å². The van der Waals surface area contributed by atoms with E-state index in [1.165, 1.54) is 12.1 Å². The van der Waals surface area contributed by atoms with E-state index in [-0.39, 0.29) is 24.9 Å². The average Bonchev–Trinajstić information content (AvgIpc) is 2.65. The third-order valence-electron chi connectivity index (χ3n) is 3.46. The van der Waals surface area contributed by atoms with Gasteiger partial charge in [0.25, 0.3) is 0 Å². The summed E-state index contributed by atoms with van der Waals surface area (Å²) in [5, 5.41) is 2.61. The summed E-state index contributed by atoms with van der Waals surface area (Å²) in [6.45, 7) is 2.11. The fraction of sp³-hybridized carbons (Fsp3) is 0.538. The second kappa shape index (κ2) is 4.53. The highest BCUT2D eigenvalue weighted by Gasteiger charge is 2.58. The molecule has 0 aliphatic heterocycles. The van der Waals surface area contributed by atoms with Crippen LogP contribution in [0.1, 0.15) is 30.9 Å². The summed E-state index contributed by atoms with van der Waals surface area (Å²) in [7, 11) is 0. The van der Waals surface area contributed by atoms with E-state index in [2.05, 4.69) is 5.32 Å². The molecular formula is C13H15F4N. The van der Waals surface area contributed by atoms with Crippen molar-refractivity contribution in [3.63, 3.8) is 0 Å². The van der Waals surface area contributed by atoms with Crippen molar-refractivity contribution in [2.24, 2.45) is 0 Å². The molecule has 0 heterocycles. The Hall–Kier alpha value is -1.10. The number of rotatable bonds is 3. The zero-order valence-electron chi connectivity index (χ0n) is 10.1. The molecule has 18 heavy (non-hydrogen) atoms. The molecule has 0 amide bonds. The molecule has 0 saturated carbocycles. The summed E-state index contributed by atoms with van der Waals surface area (Å²) in [5.74, 6) is -0.484. The predicted octanol–water partition coefficient (Wildman–Crippen LogP) is 3.53. The minimum Gasteiger partial charge on any atom is -0.300 e. The summed E-state index contributed by atoms with van der Waals surface area (Å²) in [6, 6.07) is 3.56. The third-order valence-corrected chi connectivity index (χ3v) is 3.46. The molecule has 2 rings (SSSR count). The molecule has 1 nitrogen and oxygen atoms in total. The molecule has 1 aromatic carbocycles. The molecule has 1 unspecified atom stereocenters. The number of fused-ring (bicyclic) bond motifs is 1. The average molecular weight is 261 g/mol. The third kappa shape index (κ3) is 2.00. The zero-order valence-corrected chi connectivity index (χ0v) is 10.1. The quantitative estimate of drug-likeness (QED) is 0.821. The minimum atomic E-state index is -4.37. The molecule has 1 aliphatic rings. The molecule has 0 aromatic heterocycles. The van der Waals surface area contributed by atoms with Gasteiger partial charge in [-0.25, -0.2) is 4.39 Å². The van der Waals surface area contributed by atoms with Crippen LogP contribution in [0.5, 0.6) is 0 Å². The van der Waals surface area contributed by atoms with Crippen LogP contribution in [0.15, 0.2) is 18.2 Å². The number of alkyl halides is 3. The lowest BCUT2D eigenvalue weighted by atomic mass is 9.90. The maximum Gasteiger partial charge on any atom is 0.410 e. The van der Waals surface area contributed by atoms with E-state index >= 15 is 0 Å². The van der Waals surface area contributed by atoms with Crippen molar-refractivity contribution in [3.05, 3.63) is 35.1 Å². The summed E-state index contributed by atoms with van der Waals surface area (Å²) in [4.78, 5) is 0. The highest BCUT2D eigenvalue weighted by atomic mass is 19.4. The van der Waals surface area contributed by atoms with Crippen molar-refractivity contribution < 1.29 is 17.6 Å². The Balaban J connectivity index is 2.46. The van der Waals surface area contributed by atoms with Gasteiger partial charge in [0.15, 0.2) is 0 Å². The molecule has 1 aromatic rings. The first-order chi connectivity index (χ1) is 8.40. The second-order valence-corrected chi connectivity index (χ2v) is 4.63. The second-order valence-electron chi connectivity index (χ2n) is 4.63. The Bertz CT molecular complexity index is 441. The van der Waals surface area contributed by atoms with Crippen molar-refractivity contribution in [1.82, 2.24) is 5.32 Å². The van der Waals surface area contributed by atoms with Crippen molar-refractivity contribution >= 4 is 0 Å². The molecule has 0 bridgehead atoms. The monoisotopic (exact) mass is 261 g/mol. The summed E-state index contributed by atoms with van der Waals surface area (Å²) in [6.07, 6.45) is -3.56. The van der Waals surface area contributed by atoms with Crippen molar-refractivity contribution in [3.8, 4) is 0 Å². The molecule has 1 atom stereocenters. The molecule has 5 heteroatoms. The maximum absolute atomic E-state index is 13.4. The van der Waals surface area contributed by atoms with Gasteiger partial charge in [-0.05, 0) is 49.1 Å². The van der Waals surface area contributed by atoms with Gasteiger partial charge in [-0.2, -0.15) is 13.2 Å². The van der Waals surface area contributed by atoms with Crippen LogP contribution >= 0.6 is 0 Å². The van der Waals surface area contributed by atoms with Gasteiger partial charge >= 0.3 is 6.18 Å². The summed E-state index contributed by atoms with van der Waals surface area (Å²) in [5.41, 5.74) is -1.38. The van der Waals surface area contributed by atoms with Gasteiger partial charge in [-0.3, -0.25) is 5.32 Å². The van der Waals surface area contributed by atoms with Crippen LogP contribution in [0.25, 0.3) is 0 Å². The normalized spacial score (nSPS) is 23.2. The molecule has 1 N–H and O–H groups in total. The lowest BCUT2D eigenvalue weighted by Gasteiger charge is -2.34. The van der Waals surface area contributed by atoms with Crippen LogP contribution < -0.4 is 5.32 Å². The van der Waals surface area contributed by atoms with Crippen molar-refractivity contribution in [2.75, 3.05) is 6.54 Å². The number of halogens is 4. The van der Waals surface area contributed by atoms with Crippen LogP contribution in [-0.2, 0) is 12.0 Å². The van der Waals surface area contributed by atoms with Crippen LogP contribution in [-0.4, -0.2) is 12.7 Å². The van der Waals surface area contributed by atoms with E-state index in [1.54, 1.807) is 0 Å². The van der Waals surface area contributed by atoms with E-state index in [0.717, 1.165) is 6.07 Å². The lowest BCUT2D eigenvalue weighted by Crippen LogP contribution is -2.52. The Morgan fingerprint density at radius 3 is 2.67 bits per heavy atom. The van der Waals surface area contributed by atoms with E-state index < -0.39 is 17.5 Å². The Morgan fingerprint density at radius 1 is 1.33 bits per heavy atom. The molecule has 0 saturated heterocycles. The number of nitrogens with one attached hydrogen (secondary N) is 1. The molecule has 1 aliphatic carbocycles. The van der Waals surface area contributed by atoms with Gasteiger partial charge in [-0.15, -0.1) is 0 Å². The first-order valence-corrected chi connectivity index (χ1v) is 6.01. The van der Waals surface area contributed by atoms with Crippen LogP contribution in [0, 0.1) is 5.82 Å². The largest absolute Gasteiger partial charge is 0.410 e. The molecule has 0 radical (unpaired) electrons. The highest BCUT2D eigenvalue weighted by molar-refractivity contribution is 5.40. The summed E-state index contributed by atoms with van der Waals surface area (Å²) < 4.78 is 53.1. The van der Waals surface area contributed by atoms with E-state index in [1.807, 2.05) is 6.92 Å².